The second-order valence-electron chi connectivity index (χ2n) is 5.22. The lowest BCUT2D eigenvalue weighted by Crippen LogP contribution is -2.57. The number of benzene rings is 1. The number of hydrogen-bond donors (Lipinski definition) is 1. The van der Waals surface area contributed by atoms with Crippen LogP contribution in [0.2, 0.25) is 0 Å². The molecule has 0 aliphatic carbocycles. The zero-order valence-electron chi connectivity index (χ0n) is 11.8. The summed E-state index contributed by atoms with van der Waals surface area (Å²) in [5.41, 5.74) is 0.664. The number of imide groups is 1. The number of aliphatic carboxylic acids is 1. The summed E-state index contributed by atoms with van der Waals surface area (Å²) < 4.78 is 4.97. The molecular weight excluding hydrogens is 308 g/mol. The minimum absolute atomic E-state index is 0.325. The van der Waals surface area contributed by atoms with E-state index in [0.717, 1.165) is 14.9 Å². The monoisotopic (exact) mass is 320 g/mol. The molecule has 0 radical (unpaired) electrons. The van der Waals surface area contributed by atoms with Gasteiger partial charge < -0.3 is 9.94 Å². The van der Waals surface area contributed by atoms with Crippen molar-refractivity contribution in [1.82, 2.24) is 14.9 Å². The van der Waals surface area contributed by atoms with Gasteiger partial charge in [-0.15, -0.1) is 0 Å². The summed E-state index contributed by atoms with van der Waals surface area (Å²) in [5.74, 6) is -1.83. The molecule has 0 spiro atoms. The first-order valence-corrected chi connectivity index (χ1v) is 6.93. The van der Waals surface area contributed by atoms with Gasteiger partial charge in [-0.25, -0.2) is 14.7 Å². The van der Waals surface area contributed by atoms with Crippen LogP contribution in [-0.2, 0) is 4.79 Å². The van der Waals surface area contributed by atoms with Crippen LogP contribution in [0.1, 0.15) is 27.1 Å². The molecule has 10 nitrogen and oxygen atoms in total. The molecule has 1 saturated heterocycles. The molecule has 1 aromatic carbocycles. The predicted molar refractivity (Wildman–Crippen MR) is 72.2 cm³/mol. The third kappa shape index (κ3) is 1.99. The van der Waals surface area contributed by atoms with Gasteiger partial charge in [0.15, 0.2) is 0 Å². The van der Waals surface area contributed by atoms with Crippen molar-refractivity contribution in [2.75, 3.05) is 18.3 Å². The zero-order chi connectivity index (χ0) is 16.1. The molecule has 1 atom stereocenters. The molecule has 120 valence electrons. The number of amides is 2. The number of carboxylic acid groups (broad SMARTS) is 1. The fraction of sp³-hybridized carbons (Fsp3) is 0.308. The first-order valence-electron chi connectivity index (χ1n) is 6.93. The van der Waals surface area contributed by atoms with E-state index < -0.39 is 23.8 Å². The molecule has 0 bridgehead atoms. The maximum absolute atomic E-state index is 12.1. The number of nitrogens with zero attached hydrogens (tertiary/aromatic N) is 4. The highest BCUT2D eigenvalue weighted by atomic mass is 17.0. The minimum Gasteiger partial charge on any atom is -0.480 e. The van der Waals surface area contributed by atoms with Crippen molar-refractivity contribution in [3.8, 4) is 0 Å². The molecule has 4 rings (SSSR count). The molecule has 10 heteroatoms. The molecule has 1 N–H and O–H groups in total. The molecule has 1 unspecified atom stereocenters. The van der Waals surface area contributed by atoms with Gasteiger partial charge in [0.1, 0.15) is 11.1 Å². The van der Waals surface area contributed by atoms with Crippen LogP contribution in [-0.4, -0.2) is 57.1 Å². The first-order chi connectivity index (χ1) is 11.1. The third-order valence-electron chi connectivity index (χ3n) is 3.93. The lowest BCUT2D eigenvalue weighted by molar-refractivity contribution is -0.141. The summed E-state index contributed by atoms with van der Waals surface area (Å²) in [6.45, 7) is 0.193. The Bertz CT molecular complexity index is 767. The average Bonchev–Trinajstić information content (AvgIpc) is 3.18. The summed E-state index contributed by atoms with van der Waals surface area (Å²) in [7, 11) is 0. The SMILES string of the molecule is O=C(O)C1CCN1n1on1OCN1C(=O)c2ccccc2C1=O. The summed E-state index contributed by atoms with van der Waals surface area (Å²) in [6.07, 6.45) is 0.515. The quantitative estimate of drug-likeness (QED) is 0.730. The molecule has 2 aliphatic heterocycles. The summed E-state index contributed by atoms with van der Waals surface area (Å²) in [5, 5.41) is 11.3. The van der Waals surface area contributed by atoms with E-state index in [0.29, 0.717) is 24.1 Å². The molecular formula is C13H12N4O6. The maximum Gasteiger partial charge on any atom is 0.328 e. The van der Waals surface area contributed by atoms with E-state index in [4.69, 9.17) is 14.6 Å². The van der Waals surface area contributed by atoms with E-state index in [1.54, 1.807) is 24.3 Å². The fourth-order valence-corrected chi connectivity index (χ4v) is 2.55. The Morgan fingerprint density at radius 2 is 1.91 bits per heavy atom. The second kappa shape index (κ2) is 4.66. The van der Waals surface area contributed by atoms with Crippen molar-refractivity contribution in [3.05, 3.63) is 35.4 Å². The van der Waals surface area contributed by atoms with Crippen LogP contribution in [0, 0.1) is 0 Å². The van der Waals surface area contributed by atoms with Crippen LogP contribution < -0.4 is 9.85 Å². The van der Waals surface area contributed by atoms with Crippen molar-refractivity contribution < 1.29 is 29.0 Å². The number of carbonyl (C=O) groups is 3. The molecule has 2 aliphatic rings. The van der Waals surface area contributed by atoms with E-state index in [1.807, 2.05) is 0 Å². The maximum atomic E-state index is 12.1. The smallest absolute Gasteiger partial charge is 0.328 e. The van der Waals surface area contributed by atoms with Gasteiger partial charge in [-0.1, -0.05) is 12.1 Å². The number of rotatable bonds is 5. The molecule has 0 saturated carbocycles. The van der Waals surface area contributed by atoms with Crippen molar-refractivity contribution in [2.24, 2.45) is 0 Å². The summed E-state index contributed by atoms with van der Waals surface area (Å²) in [6, 6.07) is 5.85. The number of hydrogen-bond acceptors (Lipinski definition) is 6. The van der Waals surface area contributed by atoms with Crippen LogP contribution in [0.3, 0.4) is 0 Å². The van der Waals surface area contributed by atoms with Gasteiger partial charge in [-0.05, 0) is 18.6 Å². The van der Waals surface area contributed by atoms with E-state index in [1.165, 1.54) is 5.01 Å². The van der Waals surface area contributed by atoms with Gasteiger partial charge in [-0.3, -0.25) is 9.59 Å². The van der Waals surface area contributed by atoms with Crippen LogP contribution in [0.5, 0.6) is 0 Å². The molecule has 2 amide bonds. The van der Waals surface area contributed by atoms with Crippen molar-refractivity contribution >= 4 is 17.8 Å². The second-order valence-corrected chi connectivity index (χ2v) is 5.22. The highest BCUT2D eigenvalue weighted by molar-refractivity contribution is 6.21. The number of aromatic nitrogens is 2. The zero-order valence-corrected chi connectivity index (χ0v) is 11.8. The van der Waals surface area contributed by atoms with Crippen LogP contribution >= 0.6 is 0 Å². The van der Waals surface area contributed by atoms with Crippen molar-refractivity contribution in [1.29, 1.82) is 0 Å². The molecule has 3 heterocycles. The summed E-state index contributed by atoms with van der Waals surface area (Å²) >= 11 is 0. The fourth-order valence-electron chi connectivity index (χ4n) is 2.55. The molecule has 2 aromatic rings. The van der Waals surface area contributed by atoms with Crippen molar-refractivity contribution in [2.45, 2.75) is 12.5 Å². The largest absolute Gasteiger partial charge is 0.480 e. The van der Waals surface area contributed by atoms with Gasteiger partial charge in [0.25, 0.3) is 11.8 Å². The highest BCUT2D eigenvalue weighted by Gasteiger charge is 2.41. The van der Waals surface area contributed by atoms with E-state index in [-0.39, 0.29) is 6.73 Å². The normalized spacial score (nSPS) is 19.9. The standard InChI is InChI=1S/C13H12N4O6/c18-11-8-3-1-2-4-9(8)12(19)14(11)7-22-17-16(23-17)15-6-5-10(15)13(20)21/h1-4,10H,5-7H2,(H,20,21). The Kier molecular flexibility index (Phi) is 2.73. The van der Waals surface area contributed by atoms with Gasteiger partial charge >= 0.3 is 5.97 Å². The predicted octanol–water partition coefficient (Wildman–Crippen LogP) is -0.640. The number of fused-ring (bicyclic) bond motifs is 1. The molecule has 1 fully saturated rings. The Morgan fingerprint density at radius 3 is 2.43 bits per heavy atom. The van der Waals surface area contributed by atoms with Crippen LogP contribution in [0.25, 0.3) is 0 Å². The lowest BCUT2D eigenvalue weighted by Gasteiger charge is -2.33. The van der Waals surface area contributed by atoms with Crippen LogP contribution in [0.4, 0.5) is 0 Å². The van der Waals surface area contributed by atoms with Crippen molar-refractivity contribution in [3.63, 3.8) is 0 Å². The van der Waals surface area contributed by atoms with Crippen LogP contribution in [0.15, 0.2) is 28.9 Å². The minimum atomic E-state index is -0.952. The highest BCUT2D eigenvalue weighted by Crippen LogP contribution is 2.22. The first kappa shape index (κ1) is 13.5. The van der Waals surface area contributed by atoms with Gasteiger partial charge in [0.2, 0.25) is 6.73 Å². The van der Waals surface area contributed by atoms with E-state index in [2.05, 4.69) is 0 Å². The average molecular weight is 320 g/mol. The van der Waals surface area contributed by atoms with E-state index >= 15 is 0 Å². The summed E-state index contributed by atoms with van der Waals surface area (Å²) in [4.78, 5) is 42.5. The Hall–Kier alpha value is -3.17. The lowest BCUT2D eigenvalue weighted by atomic mass is 10.1. The van der Waals surface area contributed by atoms with Gasteiger partial charge in [-0.2, -0.15) is 4.63 Å². The van der Waals surface area contributed by atoms with Gasteiger partial charge in [0, 0.05) is 6.54 Å². The molecule has 23 heavy (non-hydrogen) atoms. The van der Waals surface area contributed by atoms with Gasteiger partial charge in [0.05, 0.1) is 16.1 Å². The molecule has 1 aromatic heterocycles. The Balaban J connectivity index is 1.40. The topological polar surface area (TPSA) is 110 Å². The Morgan fingerprint density at radius 1 is 1.26 bits per heavy atom. The van der Waals surface area contributed by atoms with E-state index in [9.17, 15) is 14.4 Å². The number of carboxylic acids is 1. The number of carbonyl (C=O) groups excluding carboxylic acids is 2. The third-order valence-corrected chi connectivity index (χ3v) is 3.93. The Labute approximate surface area is 128 Å².